The maximum atomic E-state index is 12.3. The summed E-state index contributed by atoms with van der Waals surface area (Å²) in [5.41, 5.74) is 5.42. The van der Waals surface area contributed by atoms with Crippen molar-refractivity contribution in [3.8, 4) is 0 Å². The van der Waals surface area contributed by atoms with Gasteiger partial charge in [-0.05, 0) is 31.9 Å². The lowest BCUT2D eigenvalue weighted by Crippen LogP contribution is -2.36. The van der Waals surface area contributed by atoms with Gasteiger partial charge >= 0.3 is 0 Å². The van der Waals surface area contributed by atoms with Crippen LogP contribution in [-0.4, -0.2) is 26.4 Å². The van der Waals surface area contributed by atoms with Crippen LogP contribution in [0.2, 0.25) is 0 Å². The van der Waals surface area contributed by atoms with E-state index in [-0.39, 0.29) is 11.0 Å². The van der Waals surface area contributed by atoms with Crippen molar-refractivity contribution in [1.29, 1.82) is 0 Å². The molecule has 0 saturated heterocycles. The maximum Gasteiger partial charge on any atom is 0.254 e. The van der Waals surface area contributed by atoms with Gasteiger partial charge in [-0.25, -0.2) is 4.98 Å². The van der Waals surface area contributed by atoms with E-state index in [1.54, 1.807) is 0 Å². The second-order valence-corrected chi connectivity index (χ2v) is 7.66. The van der Waals surface area contributed by atoms with E-state index in [0.717, 1.165) is 43.1 Å². The molecule has 0 spiro atoms. The van der Waals surface area contributed by atoms with E-state index >= 15 is 0 Å². The molecule has 0 fully saturated rings. The first-order valence-electron chi connectivity index (χ1n) is 8.24. The number of aromatic nitrogens is 3. The molecule has 0 aromatic carbocycles. The Bertz CT molecular complexity index is 779. The molecule has 5 nitrogen and oxygen atoms in total. The highest BCUT2D eigenvalue weighted by Gasteiger charge is 2.25. The van der Waals surface area contributed by atoms with Crippen LogP contribution < -0.4 is 5.56 Å². The van der Waals surface area contributed by atoms with Crippen molar-refractivity contribution in [2.75, 3.05) is 6.54 Å². The Morgan fingerprint density at radius 3 is 2.61 bits per heavy atom. The minimum Gasteiger partial charge on any atom is -0.361 e. The number of aryl methyl sites for hydroxylation is 2. The highest BCUT2D eigenvalue weighted by atomic mass is 16.1. The Morgan fingerprint density at radius 2 is 2.00 bits per heavy atom. The second-order valence-electron chi connectivity index (χ2n) is 7.66. The number of hydrogen-bond acceptors (Lipinski definition) is 3. The lowest BCUT2D eigenvalue weighted by atomic mass is 9.95. The molecule has 0 atom stereocenters. The standard InChI is InChI=1S/C18H26N4O/c1-11-8-12(2)19-14(11)9-22-7-6-13-15(10-22)20-17(18(3,4)5)21-16(13)23/h8,19H,6-7,9-10H2,1-5H3,(H,20,21,23). The highest BCUT2D eigenvalue weighted by Crippen LogP contribution is 2.22. The molecule has 3 heterocycles. The number of rotatable bonds is 2. The maximum absolute atomic E-state index is 12.3. The predicted molar refractivity (Wildman–Crippen MR) is 91.6 cm³/mol. The van der Waals surface area contributed by atoms with E-state index in [4.69, 9.17) is 4.98 Å². The van der Waals surface area contributed by atoms with Crippen molar-refractivity contribution in [1.82, 2.24) is 19.9 Å². The molecular formula is C18H26N4O. The molecule has 5 heteroatoms. The number of H-pyrrole nitrogens is 2. The number of hydrogen-bond donors (Lipinski definition) is 2. The fourth-order valence-electron chi connectivity index (χ4n) is 3.16. The molecular weight excluding hydrogens is 288 g/mol. The lowest BCUT2D eigenvalue weighted by Gasteiger charge is -2.29. The van der Waals surface area contributed by atoms with E-state index in [1.807, 2.05) is 0 Å². The monoisotopic (exact) mass is 314 g/mol. The average Bonchev–Trinajstić information content (AvgIpc) is 2.75. The van der Waals surface area contributed by atoms with Crippen LogP contribution in [0.1, 0.15) is 54.8 Å². The molecule has 0 bridgehead atoms. The van der Waals surface area contributed by atoms with Crippen LogP contribution in [0.15, 0.2) is 10.9 Å². The lowest BCUT2D eigenvalue weighted by molar-refractivity contribution is 0.236. The topological polar surface area (TPSA) is 64.8 Å². The van der Waals surface area contributed by atoms with E-state index in [9.17, 15) is 4.79 Å². The SMILES string of the molecule is Cc1cc(C)c(CN2CCc3c(nc(C(C)(C)C)[nH]c3=O)C2)[nH]1. The van der Waals surface area contributed by atoms with Gasteiger partial charge < -0.3 is 9.97 Å². The van der Waals surface area contributed by atoms with Crippen LogP contribution >= 0.6 is 0 Å². The molecule has 2 aromatic heterocycles. The van der Waals surface area contributed by atoms with Crippen LogP contribution in [0.25, 0.3) is 0 Å². The summed E-state index contributed by atoms with van der Waals surface area (Å²) in [6.07, 6.45) is 0.765. The zero-order valence-electron chi connectivity index (χ0n) is 14.7. The van der Waals surface area contributed by atoms with Gasteiger partial charge in [0.25, 0.3) is 5.56 Å². The number of nitrogens with one attached hydrogen (secondary N) is 2. The van der Waals surface area contributed by atoms with Crippen LogP contribution in [0, 0.1) is 13.8 Å². The summed E-state index contributed by atoms with van der Waals surface area (Å²) in [5, 5.41) is 0. The van der Waals surface area contributed by atoms with E-state index in [0.29, 0.717) is 0 Å². The Kier molecular flexibility index (Phi) is 3.92. The quantitative estimate of drug-likeness (QED) is 0.895. The Hall–Kier alpha value is -1.88. The fourth-order valence-corrected chi connectivity index (χ4v) is 3.16. The molecule has 1 aliphatic rings. The van der Waals surface area contributed by atoms with Crippen molar-refractivity contribution in [2.45, 2.75) is 59.5 Å². The summed E-state index contributed by atoms with van der Waals surface area (Å²) in [7, 11) is 0. The van der Waals surface area contributed by atoms with Crippen LogP contribution in [0.5, 0.6) is 0 Å². The highest BCUT2D eigenvalue weighted by molar-refractivity contribution is 5.26. The second kappa shape index (κ2) is 5.64. The number of aromatic amines is 2. The summed E-state index contributed by atoms with van der Waals surface area (Å²) in [6, 6.07) is 2.17. The first kappa shape index (κ1) is 16.0. The van der Waals surface area contributed by atoms with Gasteiger partial charge in [0, 0.05) is 42.0 Å². The van der Waals surface area contributed by atoms with Crippen molar-refractivity contribution in [3.63, 3.8) is 0 Å². The first-order valence-corrected chi connectivity index (χ1v) is 8.24. The van der Waals surface area contributed by atoms with Gasteiger partial charge in [-0.2, -0.15) is 0 Å². The van der Waals surface area contributed by atoms with Gasteiger partial charge in [-0.15, -0.1) is 0 Å². The van der Waals surface area contributed by atoms with Gasteiger partial charge in [0.2, 0.25) is 0 Å². The van der Waals surface area contributed by atoms with Crippen molar-refractivity contribution >= 4 is 0 Å². The molecule has 1 aliphatic heterocycles. The molecule has 0 saturated carbocycles. The zero-order valence-corrected chi connectivity index (χ0v) is 14.7. The first-order chi connectivity index (χ1) is 10.7. The minimum atomic E-state index is -0.149. The smallest absolute Gasteiger partial charge is 0.254 e. The third kappa shape index (κ3) is 3.24. The summed E-state index contributed by atoms with van der Waals surface area (Å²) < 4.78 is 0. The summed E-state index contributed by atoms with van der Waals surface area (Å²) >= 11 is 0. The van der Waals surface area contributed by atoms with Gasteiger partial charge in [-0.1, -0.05) is 20.8 Å². The number of fused-ring (bicyclic) bond motifs is 1. The zero-order chi connectivity index (χ0) is 16.8. The van der Waals surface area contributed by atoms with Crippen molar-refractivity contribution in [3.05, 3.63) is 50.5 Å². The number of nitrogens with zero attached hydrogens (tertiary/aromatic N) is 2. The molecule has 0 radical (unpaired) electrons. The van der Waals surface area contributed by atoms with Crippen molar-refractivity contribution in [2.24, 2.45) is 0 Å². The van der Waals surface area contributed by atoms with E-state index < -0.39 is 0 Å². The molecule has 0 unspecified atom stereocenters. The van der Waals surface area contributed by atoms with E-state index in [2.05, 4.69) is 55.6 Å². The molecule has 3 rings (SSSR count). The summed E-state index contributed by atoms with van der Waals surface area (Å²) in [5.74, 6) is 0.773. The summed E-state index contributed by atoms with van der Waals surface area (Å²) in [6.45, 7) is 12.9. The normalized spacial score (nSPS) is 15.7. The molecule has 0 aliphatic carbocycles. The third-order valence-corrected chi connectivity index (χ3v) is 4.50. The Balaban J connectivity index is 1.86. The molecule has 0 amide bonds. The van der Waals surface area contributed by atoms with Crippen LogP contribution in [0.3, 0.4) is 0 Å². The van der Waals surface area contributed by atoms with E-state index in [1.165, 1.54) is 17.0 Å². The predicted octanol–water partition coefficient (Wildman–Crippen LogP) is 2.57. The van der Waals surface area contributed by atoms with Crippen LogP contribution in [0.4, 0.5) is 0 Å². The third-order valence-electron chi connectivity index (χ3n) is 4.50. The minimum absolute atomic E-state index is 0.0338. The Morgan fingerprint density at radius 1 is 1.26 bits per heavy atom. The van der Waals surface area contributed by atoms with Gasteiger partial charge in [0.15, 0.2) is 0 Å². The van der Waals surface area contributed by atoms with Crippen LogP contribution in [-0.2, 0) is 24.9 Å². The van der Waals surface area contributed by atoms with Gasteiger partial charge in [-0.3, -0.25) is 9.69 Å². The fraction of sp³-hybridized carbons (Fsp3) is 0.556. The largest absolute Gasteiger partial charge is 0.361 e. The average molecular weight is 314 g/mol. The Labute approximate surface area is 137 Å². The molecule has 23 heavy (non-hydrogen) atoms. The molecule has 2 aromatic rings. The van der Waals surface area contributed by atoms with Crippen molar-refractivity contribution < 1.29 is 0 Å². The molecule has 124 valence electrons. The molecule has 2 N–H and O–H groups in total. The summed E-state index contributed by atoms with van der Waals surface area (Å²) in [4.78, 5) is 25.8. The van der Waals surface area contributed by atoms with Gasteiger partial charge in [0.1, 0.15) is 5.82 Å². The van der Waals surface area contributed by atoms with Gasteiger partial charge in [0.05, 0.1) is 5.69 Å².